The van der Waals surface area contributed by atoms with Gasteiger partial charge in [-0.1, -0.05) is 102 Å². The highest BCUT2D eigenvalue weighted by molar-refractivity contribution is 5.95. The van der Waals surface area contributed by atoms with Crippen LogP contribution in [0.1, 0.15) is 92.5 Å². The van der Waals surface area contributed by atoms with Crippen LogP contribution in [0.5, 0.6) is 0 Å². The molecule has 0 bridgehead atoms. The van der Waals surface area contributed by atoms with Crippen molar-refractivity contribution in [2.24, 2.45) is 17.8 Å². The molecule has 0 radical (unpaired) electrons. The van der Waals surface area contributed by atoms with Crippen molar-refractivity contribution >= 4 is 35.8 Å². The van der Waals surface area contributed by atoms with Crippen LogP contribution < -0.4 is 26.6 Å². The number of urea groups is 1. The number of alkyl carbamates (subject to hydrolysis) is 1. The van der Waals surface area contributed by atoms with Gasteiger partial charge >= 0.3 is 18.1 Å². The SMILES string of the molecule is CC(C)C[C@H](NC(=O)[C@H](Cc1cnc[nH]1)NC(=O)C(C)(NC(=O)OC(C)(C)C)c1ccccc1)C(O)CN(CC(C)C)C(=O)N[C@H](C(=O)N[C@@H](Cc1ccccc1)C(=O)O)C(C)C. The minimum Gasteiger partial charge on any atom is -0.480 e. The van der Waals surface area contributed by atoms with E-state index in [1.54, 1.807) is 95.3 Å². The predicted molar refractivity (Wildman–Crippen MR) is 238 cm³/mol. The molecule has 2 unspecified atom stereocenters. The molecule has 0 aliphatic carbocycles. The molecule has 3 aromatic rings. The van der Waals surface area contributed by atoms with E-state index in [-0.39, 0.29) is 44.2 Å². The van der Waals surface area contributed by atoms with Gasteiger partial charge in [0.05, 0.1) is 25.0 Å². The minimum atomic E-state index is -1.70. The summed E-state index contributed by atoms with van der Waals surface area (Å²) in [6.07, 6.45) is 1.08. The first-order chi connectivity index (χ1) is 29.5. The third kappa shape index (κ3) is 16.7. The van der Waals surface area contributed by atoms with Gasteiger partial charge in [-0.15, -0.1) is 0 Å². The summed E-state index contributed by atoms with van der Waals surface area (Å²) in [5.74, 6) is -3.80. The van der Waals surface area contributed by atoms with Gasteiger partial charge in [-0.05, 0) is 63.0 Å². The number of aliphatic carboxylic acids is 1. The number of carboxylic acids is 1. The number of hydrogen-bond donors (Lipinski definition) is 8. The number of ether oxygens (including phenoxy) is 1. The summed E-state index contributed by atoms with van der Waals surface area (Å²) in [4.78, 5) is 89.9. The van der Waals surface area contributed by atoms with E-state index < -0.39 is 83.1 Å². The maximum atomic E-state index is 14.4. The molecular formula is C46H68N8O9. The molecule has 1 heterocycles. The number of nitrogens with zero attached hydrogens (tertiary/aromatic N) is 2. The quantitative estimate of drug-likeness (QED) is 0.0713. The van der Waals surface area contributed by atoms with Crippen molar-refractivity contribution in [2.45, 2.75) is 130 Å². The fourth-order valence-corrected chi connectivity index (χ4v) is 6.88. The van der Waals surface area contributed by atoms with E-state index in [0.717, 1.165) is 0 Å². The molecule has 0 aliphatic rings. The van der Waals surface area contributed by atoms with Gasteiger partial charge in [0, 0.05) is 31.3 Å². The molecule has 8 N–H and O–H groups in total. The lowest BCUT2D eigenvalue weighted by Gasteiger charge is -2.35. The Hall–Kier alpha value is -5.97. The van der Waals surface area contributed by atoms with Gasteiger partial charge in [0.2, 0.25) is 11.8 Å². The lowest BCUT2D eigenvalue weighted by Crippen LogP contribution is -2.61. The van der Waals surface area contributed by atoms with Gasteiger partial charge in [-0.3, -0.25) is 14.4 Å². The van der Waals surface area contributed by atoms with Gasteiger partial charge in [0.1, 0.15) is 29.3 Å². The molecule has 0 aliphatic heterocycles. The van der Waals surface area contributed by atoms with Crippen molar-refractivity contribution in [1.82, 2.24) is 41.5 Å². The van der Waals surface area contributed by atoms with E-state index in [9.17, 15) is 39.0 Å². The van der Waals surface area contributed by atoms with E-state index in [4.69, 9.17) is 4.74 Å². The zero-order valence-electron chi connectivity index (χ0n) is 38.2. The van der Waals surface area contributed by atoms with Crippen LogP contribution in [0, 0.1) is 17.8 Å². The van der Waals surface area contributed by atoms with Crippen LogP contribution in [0.4, 0.5) is 9.59 Å². The van der Waals surface area contributed by atoms with E-state index in [2.05, 4.69) is 36.6 Å². The number of aromatic nitrogens is 2. The highest BCUT2D eigenvalue weighted by Crippen LogP contribution is 2.23. The number of carbonyl (C=O) groups excluding carboxylic acids is 5. The van der Waals surface area contributed by atoms with Crippen LogP contribution in [0.3, 0.4) is 0 Å². The van der Waals surface area contributed by atoms with Crippen molar-refractivity contribution in [3.63, 3.8) is 0 Å². The van der Waals surface area contributed by atoms with Crippen LogP contribution in [0.15, 0.2) is 73.2 Å². The molecule has 0 saturated carbocycles. The smallest absolute Gasteiger partial charge is 0.408 e. The Morgan fingerprint density at radius 1 is 0.762 bits per heavy atom. The maximum Gasteiger partial charge on any atom is 0.408 e. The number of amides is 6. The van der Waals surface area contributed by atoms with E-state index in [1.807, 2.05) is 27.7 Å². The number of H-pyrrole nitrogens is 1. The van der Waals surface area contributed by atoms with Crippen molar-refractivity contribution in [1.29, 1.82) is 0 Å². The average molecular weight is 877 g/mol. The number of aliphatic hydroxyl groups is 1. The first-order valence-corrected chi connectivity index (χ1v) is 21.4. The number of aliphatic hydroxyl groups excluding tert-OH is 1. The van der Waals surface area contributed by atoms with Crippen LogP contribution in [-0.4, -0.2) is 110 Å². The second kappa shape index (κ2) is 23.5. The van der Waals surface area contributed by atoms with Crippen molar-refractivity contribution in [3.05, 3.63) is 90.0 Å². The van der Waals surface area contributed by atoms with E-state index in [1.165, 1.54) is 24.3 Å². The summed E-state index contributed by atoms with van der Waals surface area (Å²) in [5, 5.41) is 35.6. The number of carbonyl (C=O) groups is 6. The Morgan fingerprint density at radius 3 is 1.90 bits per heavy atom. The van der Waals surface area contributed by atoms with Gasteiger partial charge in [0.25, 0.3) is 5.91 Å². The number of aromatic amines is 1. The first-order valence-electron chi connectivity index (χ1n) is 21.4. The maximum absolute atomic E-state index is 14.4. The Bertz CT molecular complexity index is 1940. The molecule has 17 heteroatoms. The van der Waals surface area contributed by atoms with Gasteiger partial charge in [-0.25, -0.2) is 19.4 Å². The van der Waals surface area contributed by atoms with Gasteiger partial charge < -0.3 is 51.4 Å². The monoisotopic (exact) mass is 877 g/mol. The highest BCUT2D eigenvalue weighted by Gasteiger charge is 2.41. The molecule has 3 rings (SSSR count). The summed E-state index contributed by atoms with van der Waals surface area (Å²) in [5.41, 5.74) is -0.893. The normalized spacial score (nSPS) is 15.0. The molecular weight excluding hydrogens is 809 g/mol. The number of hydrogen-bond acceptors (Lipinski definition) is 9. The fraction of sp³-hybridized carbons (Fsp3) is 0.543. The number of nitrogens with one attached hydrogen (secondary N) is 6. The van der Waals surface area contributed by atoms with Gasteiger partial charge in [-0.2, -0.15) is 0 Å². The molecule has 1 aromatic heterocycles. The van der Waals surface area contributed by atoms with Crippen LogP contribution in [-0.2, 0) is 42.3 Å². The molecule has 63 heavy (non-hydrogen) atoms. The number of carboxylic acid groups (broad SMARTS) is 1. The third-order valence-electron chi connectivity index (χ3n) is 10.1. The fourth-order valence-electron chi connectivity index (χ4n) is 6.88. The first kappa shape index (κ1) is 51.4. The summed E-state index contributed by atoms with van der Waals surface area (Å²) in [6.45, 7) is 17.6. The van der Waals surface area contributed by atoms with E-state index >= 15 is 0 Å². The molecule has 6 atom stereocenters. The zero-order valence-corrected chi connectivity index (χ0v) is 38.2. The largest absolute Gasteiger partial charge is 0.480 e. The summed E-state index contributed by atoms with van der Waals surface area (Å²) >= 11 is 0. The Labute approximate surface area is 370 Å². The number of rotatable bonds is 22. The summed E-state index contributed by atoms with van der Waals surface area (Å²) < 4.78 is 5.49. The topological polar surface area (TPSA) is 244 Å². The lowest BCUT2D eigenvalue weighted by molar-refractivity contribution is -0.142. The minimum absolute atomic E-state index is 0.0337. The predicted octanol–water partition coefficient (Wildman–Crippen LogP) is 4.27. The molecule has 2 aromatic carbocycles. The van der Waals surface area contributed by atoms with Crippen LogP contribution in [0.25, 0.3) is 0 Å². The molecule has 346 valence electrons. The zero-order chi connectivity index (χ0) is 47.1. The average Bonchev–Trinajstić information content (AvgIpc) is 3.71. The summed E-state index contributed by atoms with van der Waals surface area (Å²) in [6, 6.07) is 12.2. The lowest BCUT2D eigenvalue weighted by atomic mass is 9.90. The second-order valence-corrected chi connectivity index (χ2v) is 18.3. The number of benzene rings is 2. The standard InChI is InChI=1S/C46H68N8O9/c1-28(2)21-34(37(55)26-54(25-29(3)4)43(61)52-38(30(5)6)40(57)50-36(41(58)59)22-31-17-13-11-14-18-31)49-39(56)35(23-33-24-47-27-48-33)51-42(60)46(10,32-19-15-12-16-20-32)53-44(62)63-45(7,8)9/h11-20,24,27-30,34-38,55H,21-23,25-26H2,1-10H3,(H,47,48)(H,49,56)(H,50,57)(H,51,60)(H,52,61)(H,53,62)(H,58,59)/t34-,35-,36-,37?,38-,46?/m0/s1. The highest BCUT2D eigenvalue weighted by atomic mass is 16.6. The Morgan fingerprint density at radius 2 is 1.38 bits per heavy atom. The molecule has 0 fully saturated rings. The molecule has 0 saturated heterocycles. The third-order valence-corrected chi connectivity index (χ3v) is 10.1. The molecule has 6 amide bonds. The van der Waals surface area contributed by atoms with Crippen molar-refractivity contribution in [3.8, 4) is 0 Å². The van der Waals surface area contributed by atoms with Gasteiger partial charge in [0.15, 0.2) is 0 Å². The van der Waals surface area contributed by atoms with Crippen molar-refractivity contribution in [2.75, 3.05) is 13.1 Å². The van der Waals surface area contributed by atoms with Crippen molar-refractivity contribution < 1.29 is 43.7 Å². The van der Waals surface area contributed by atoms with E-state index in [0.29, 0.717) is 16.8 Å². The van der Waals surface area contributed by atoms with Crippen LogP contribution in [0.2, 0.25) is 0 Å². The molecule has 17 nitrogen and oxygen atoms in total. The second-order valence-electron chi connectivity index (χ2n) is 18.3. The summed E-state index contributed by atoms with van der Waals surface area (Å²) in [7, 11) is 0. The molecule has 0 spiro atoms. The number of imidazole rings is 1. The van der Waals surface area contributed by atoms with Crippen LogP contribution >= 0.6 is 0 Å². The Balaban J connectivity index is 1.87. The Kier molecular flexibility index (Phi) is 19.1.